The van der Waals surface area contributed by atoms with Crippen LogP contribution in [0.4, 0.5) is 0 Å². The molecular formula is C19H20O6. The smallest absolute Gasteiger partial charge is 0.334 e. The Balaban J connectivity index is 1.61. The summed E-state index contributed by atoms with van der Waals surface area (Å²) in [6, 6.07) is 1.82. The Morgan fingerprint density at radius 1 is 1.20 bits per heavy atom. The Labute approximate surface area is 144 Å². The van der Waals surface area contributed by atoms with Gasteiger partial charge in [-0.05, 0) is 30.4 Å². The van der Waals surface area contributed by atoms with E-state index in [2.05, 4.69) is 0 Å². The maximum atomic E-state index is 13.1. The van der Waals surface area contributed by atoms with Crippen LogP contribution in [0.1, 0.15) is 44.3 Å². The normalized spacial score (nSPS) is 42.6. The van der Waals surface area contributed by atoms with Gasteiger partial charge in [0.05, 0.1) is 24.0 Å². The molecule has 4 aliphatic rings. The van der Waals surface area contributed by atoms with Crippen LogP contribution in [0.5, 0.6) is 0 Å². The highest BCUT2D eigenvalue weighted by Crippen LogP contribution is 2.62. The van der Waals surface area contributed by atoms with Gasteiger partial charge < -0.3 is 19.0 Å². The molecule has 0 amide bonds. The van der Waals surface area contributed by atoms with Gasteiger partial charge in [-0.25, -0.2) is 4.79 Å². The van der Waals surface area contributed by atoms with Crippen LogP contribution < -0.4 is 0 Å². The number of rotatable bonds is 1. The Morgan fingerprint density at radius 3 is 2.80 bits per heavy atom. The maximum Gasteiger partial charge on any atom is 0.334 e. The lowest BCUT2D eigenvalue weighted by Gasteiger charge is -2.47. The number of carbonyl (C=O) groups is 2. The molecule has 1 spiro atoms. The first-order valence-electron chi connectivity index (χ1n) is 8.86. The average molecular weight is 344 g/mol. The van der Waals surface area contributed by atoms with Crippen LogP contribution in [-0.2, 0) is 19.1 Å². The minimum Gasteiger partial charge on any atom is -0.472 e. The molecule has 2 fully saturated rings. The summed E-state index contributed by atoms with van der Waals surface area (Å²) in [5.74, 6) is -0.746. The number of aliphatic hydroxyl groups excluding tert-OH is 1. The molecule has 1 saturated carbocycles. The number of cyclic esters (lactones) is 1. The van der Waals surface area contributed by atoms with Crippen LogP contribution in [0.15, 0.2) is 34.2 Å². The van der Waals surface area contributed by atoms with E-state index >= 15 is 0 Å². The van der Waals surface area contributed by atoms with Crippen LogP contribution in [0, 0.1) is 17.3 Å². The molecule has 0 bridgehead atoms. The molecule has 1 N–H and O–H groups in total. The number of hydrogen-bond donors (Lipinski definition) is 1. The first kappa shape index (κ1) is 15.2. The number of aliphatic hydroxyl groups is 1. The van der Waals surface area contributed by atoms with E-state index in [4.69, 9.17) is 13.9 Å². The van der Waals surface area contributed by atoms with Crippen LogP contribution in [-0.4, -0.2) is 29.3 Å². The Kier molecular flexibility index (Phi) is 3.02. The van der Waals surface area contributed by atoms with Crippen molar-refractivity contribution >= 4 is 11.9 Å². The van der Waals surface area contributed by atoms with Gasteiger partial charge in [-0.15, -0.1) is 0 Å². The summed E-state index contributed by atoms with van der Waals surface area (Å²) in [4.78, 5) is 25.3. The van der Waals surface area contributed by atoms with Crippen molar-refractivity contribution in [2.24, 2.45) is 17.3 Å². The van der Waals surface area contributed by atoms with Gasteiger partial charge in [0.25, 0.3) is 0 Å². The van der Waals surface area contributed by atoms with E-state index in [0.29, 0.717) is 31.3 Å². The van der Waals surface area contributed by atoms with Crippen LogP contribution in [0.2, 0.25) is 0 Å². The Hall–Kier alpha value is -2.08. The van der Waals surface area contributed by atoms with Crippen molar-refractivity contribution in [2.75, 3.05) is 0 Å². The van der Waals surface area contributed by atoms with Crippen molar-refractivity contribution in [1.29, 1.82) is 0 Å². The third-order valence-electron chi connectivity index (χ3n) is 6.65. The zero-order valence-corrected chi connectivity index (χ0v) is 13.9. The fraction of sp³-hybridized carbons (Fsp3) is 0.579. The highest BCUT2D eigenvalue weighted by atomic mass is 16.6. The van der Waals surface area contributed by atoms with Gasteiger partial charge in [0, 0.05) is 29.9 Å². The number of furan rings is 1. The van der Waals surface area contributed by atoms with Gasteiger partial charge in [0.2, 0.25) is 0 Å². The molecule has 1 aromatic rings. The Bertz CT molecular complexity index is 778. The van der Waals surface area contributed by atoms with Crippen LogP contribution in [0.25, 0.3) is 0 Å². The molecule has 1 saturated heterocycles. The molecule has 6 heteroatoms. The van der Waals surface area contributed by atoms with E-state index in [9.17, 15) is 14.7 Å². The number of fused-ring (bicyclic) bond motifs is 1. The second-order valence-electron chi connectivity index (χ2n) is 7.81. The van der Waals surface area contributed by atoms with E-state index in [1.807, 2.05) is 13.0 Å². The third-order valence-corrected chi connectivity index (χ3v) is 6.65. The molecule has 5 rings (SSSR count). The fourth-order valence-corrected chi connectivity index (χ4v) is 5.47. The zero-order chi connectivity index (χ0) is 17.3. The second-order valence-corrected chi connectivity index (χ2v) is 7.81. The van der Waals surface area contributed by atoms with Gasteiger partial charge in [0.1, 0.15) is 12.2 Å². The van der Waals surface area contributed by atoms with E-state index in [0.717, 1.165) is 11.1 Å². The van der Waals surface area contributed by atoms with Crippen LogP contribution in [0.3, 0.4) is 0 Å². The second kappa shape index (κ2) is 4.97. The number of esters is 2. The van der Waals surface area contributed by atoms with Gasteiger partial charge in [0.15, 0.2) is 0 Å². The predicted molar refractivity (Wildman–Crippen MR) is 84.0 cm³/mol. The number of carbonyl (C=O) groups excluding carboxylic acids is 2. The summed E-state index contributed by atoms with van der Waals surface area (Å²) in [6.45, 7) is 2.03. The van der Waals surface area contributed by atoms with Gasteiger partial charge >= 0.3 is 11.9 Å². The van der Waals surface area contributed by atoms with Crippen LogP contribution >= 0.6 is 0 Å². The van der Waals surface area contributed by atoms with Gasteiger partial charge in [-0.3, -0.25) is 4.79 Å². The largest absolute Gasteiger partial charge is 0.472 e. The summed E-state index contributed by atoms with van der Waals surface area (Å²) in [5.41, 5.74) is 1.66. The summed E-state index contributed by atoms with van der Waals surface area (Å²) in [5, 5.41) is 10.3. The highest BCUT2D eigenvalue weighted by Gasteiger charge is 2.64. The minimum absolute atomic E-state index is 0.00750. The van der Waals surface area contributed by atoms with Crippen molar-refractivity contribution in [3.63, 3.8) is 0 Å². The molecule has 0 aromatic carbocycles. The fourth-order valence-electron chi connectivity index (χ4n) is 5.47. The summed E-state index contributed by atoms with van der Waals surface area (Å²) in [7, 11) is 0. The summed E-state index contributed by atoms with van der Waals surface area (Å²) in [6.07, 6.45) is 3.94. The Morgan fingerprint density at radius 2 is 2.04 bits per heavy atom. The number of hydrogen-bond acceptors (Lipinski definition) is 6. The molecule has 2 aliphatic carbocycles. The van der Waals surface area contributed by atoms with Crippen molar-refractivity contribution in [3.05, 3.63) is 35.3 Å². The average Bonchev–Trinajstić information content (AvgIpc) is 3.26. The highest BCUT2D eigenvalue weighted by molar-refractivity contribution is 5.94. The van der Waals surface area contributed by atoms with Crippen molar-refractivity contribution in [2.45, 2.75) is 50.9 Å². The molecule has 3 heterocycles. The third kappa shape index (κ3) is 1.89. The maximum absolute atomic E-state index is 13.1. The topological polar surface area (TPSA) is 86.0 Å². The van der Waals surface area contributed by atoms with E-state index in [1.54, 1.807) is 12.5 Å². The molecule has 0 unspecified atom stereocenters. The lowest BCUT2D eigenvalue weighted by atomic mass is 9.53. The lowest BCUT2D eigenvalue weighted by Crippen LogP contribution is -2.50. The SMILES string of the molecule is C[C@@H]1C[C@H]2OC(=O)C3=C2[C@H](C[C@@H](O)C3)[C@@]12C[C@@H](c1ccoc1)OC2=O. The molecule has 2 aliphatic heterocycles. The lowest BCUT2D eigenvalue weighted by molar-refractivity contribution is -0.157. The number of ether oxygens (including phenoxy) is 2. The first-order chi connectivity index (χ1) is 12.0. The molecule has 6 nitrogen and oxygen atoms in total. The van der Waals surface area contributed by atoms with Crippen molar-refractivity contribution in [1.82, 2.24) is 0 Å². The molecular weight excluding hydrogens is 324 g/mol. The molecule has 0 radical (unpaired) electrons. The first-order valence-corrected chi connectivity index (χ1v) is 8.86. The molecule has 6 atom stereocenters. The summed E-state index contributed by atoms with van der Waals surface area (Å²) >= 11 is 0. The molecule has 1 aromatic heterocycles. The zero-order valence-electron chi connectivity index (χ0n) is 13.9. The van der Waals surface area contributed by atoms with E-state index < -0.39 is 11.5 Å². The standard InChI is InChI=1S/C19H20O6/c1-9-4-14-16-12(17(21)24-14)5-11(20)6-13(16)19(9)7-15(25-18(19)22)10-2-3-23-8-10/h2-3,8-9,11,13-15,20H,4-7H2,1H3/t9-,11+,13+,14-,15+,19-/m1/s1. The monoisotopic (exact) mass is 344 g/mol. The van der Waals surface area contributed by atoms with Gasteiger partial charge in [-0.1, -0.05) is 6.92 Å². The van der Waals surface area contributed by atoms with Crippen molar-refractivity contribution in [3.8, 4) is 0 Å². The summed E-state index contributed by atoms with van der Waals surface area (Å²) < 4.78 is 16.4. The van der Waals surface area contributed by atoms with E-state index in [-0.39, 0.29) is 36.0 Å². The molecule has 25 heavy (non-hydrogen) atoms. The van der Waals surface area contributed by atoms with Gasteiger partial charge in [-0.2, -0.15) is 0 Å². The van der Waals surface area contributed by atoms with Crippen molar-refractivity contribution < 1.29 is 28.6 Å². The quantitative estimate of drug-likeness (QED) is 0.787. The minimum atomic E-state index is -0.714. The predicted octanol–water partition coefficient (Wildman–Crippen LogP) is 2.29. The van der Waals surface area contributed by atoms with E-state index in [1.165, 1.54) is 0 Å². The molecule has 132 valence electrons.